The third-order valence-electron chi connectivity index (χ3n) is 3.70. The Morgan fingerprint density at radius 1 is 0.846 bits per heavy atom. The van der Waals surface area contributed by atoms with E-state index >= 15 is 0 Å². The fourth-order valence-electron chi connectivity index (χ4n) is 2.56. The smallest absolute Gasteiger partial charge is 0.169 e. The van der Waals surface area contributed by atoms with E-state index in [1.807, 2.05) is 0 Å². The Morgan fingerprint density at radius 2 is 1.23 bits per heavy atom. The van der Waals surface area contributed by atoms with Gasteiger partial charge < -0.3 is 9.47 Å². The maximum Gasteiger partial charge on any atom is 0.169 e. The minimum atomic E-state index is -0.225. The zero-order valence-electron chi connectivity index (χ0n) is 9.04. The van der Waals surface area contributed by atoms with Gasteiger partial charge in [0.05, 0.1) is 12.2 Å². The molecule has 2 rings (SSSR count). The van der Waals surface area contributed by atoms with Crippen LogP contribution >= 0.6 is 0 Å². The Bertz CT molecular complexity index is 157. The lowest BCUT2D eigenvalue weighted by Gasteiger charge is -2.22. The molecule has 1 saturated carbocycles. The first-order chi connectivity index (χ1) is 6.02. The quantitative estimate of drug-likeness (QED) is 0.576. The lowest BCUT2D eigenvalue weighted by Crippen LogP contribution is -2.27. The number of rotatable bonds is 0. The molecule has 2 aliphatic rings. The average molecular weight is 184 g/mol. The molecule has 1 aliphatic carbocycles. The van der Waals surface area contributed by atoms with Gasteiger partial charge in [0, 0.05) is 12.8 Å². The highest BCUT2D eigenvalue weighted by atomic mass is 16.8. The summed E-state index contributed by atoms with van der Waals surface area (Å²) in [6.07, 6.45) is 2.67. The van der Waals surface area contributed by atoms with Gasteiger partial charge in [-0.05, 0) is 25.7 Å². The molecule has 4 unspecified atom stereocenters. The third kappa shape index (κ3) is 1.50. The summed E-state index contributed by atoms with van der Waals surface area (Å²) in [4.78, 5) is 0. The molecule has 13 heavy (non-hydrogen) atoms. The minimum Gasteiger partial charge on any atom is -0.344 e. The monoisotopic (exact) mass is 184 g/mol. The molecule has 1 spiro atoms. The molecule has 2 nitrogen and oxygen atoms in total. The molecule has 0 radical (unpaired) electrons. The Hall–Kier alpha value is -0.0800. The Morgan fingerprint density at radius 3 is 1.62 bits per heavy atom. The van der Waals surface area contributed by atoms with Crippen LogP contribution in [0.15, 0.2) is 0 Å². The van der Waals surface area contributed by atoms with Crippen molar-refractivity contribution in [2.75, 3.05) is 0 Å². The maximum absolute atomic E-state index is 5.94. The molecule has 0 bridgehead atoms. The first-order valence-corrected chi connectivity index (χ1v) is 5.38. The Labute approximate surface area is 80.6 Å². The standard InChI is InChI=1S/C11H20O2/c1-7-5-11(6-8(7)2)12-9(3)10(4)13-11/h7-10H,5-6H2,1-4H3. The number of hydrogen-bond donors (Lipinski definition) is 0. The third-order valence-corrected chi connectivity index (χ3v) is 3.70. The van der Waals surface area contributed by atoms with Gasteiger partial charge in [0.25, 0.3) is 0 Å². The van der Waals surface area contributed by atoms with E-state index in [9.17, 15) is 0 Å². The van der Waals surface area contributed by atoms with Crippen LogP contribution in [0.1, 0.15) is 40.5 Å². The van der Waals surface area contributed by atoms with Crippen LogP contribution in [0.5, 0.6) is 0 Å². The van der Waals surface area contributed by atoms with Crippen LogP contribution in [0, 0.1) is 11.8 Å². The highest BCUT2D eigenvalue weighted by Gasteiger charge is 2.50. The molecule has 1 heterocycles. The molecule has 0 N–H and O–H groups in total. The minimum absolute atomic E-state index is 0.225. The number of ether oxygens (including phenoxy) is 2. The normalized spacial score (nSPS) is 56.3. The zero-order valence-corrected chi connectivity index (χ0v) is 9.04. The van der Waals surface area contributed by atoms with E-state index in [1.165, 1.54) is 0 Å². The van der Waals surface area contributed by atoms with Crippen LogP contribution in [0.25, 0.3) is 0 Å². The fraction of sp³-hybridized carbons (Fsp3) is 1.00. The Balaban J connectivity index is 2.08. The average Bonchev–Trinajstić information content (AvgIpc) is 2.39. The summed E-state index contributed by atoms with van der Waals surface area (Å²) in [7, 11) is 0. The van der Waals surface area contributed by atoms with Crippen molar-refractivity contribution in [3.8, 4) is 0 Å². The van der Waals surface area contributed by atoms with Gasteiger partial charge in [-0.25, -0.2) is 0 Å². The summed E-state index contributed by atoms with van der Waals surface area (Å²) in [5, 5.41) is 0. The maximum atomic E-state index is 5.94. The molecule has 0 aromatic carbocycles. The molecule has 2 heteroatoms. The van der Waals surface area contributed by atoms with Crippen LogP contribution in [-0.4, -0.2) is 18.0 Å². The molecule has 0 aromatic heterocycles. The molecule has 4 atom stereocenters. The van der Waals surface area contributed by atoms with E-state index < -0.39 is 0 Å². The van der Waals surface area contributed by atoms with E-state index in [-0.39, 0.29) is 18.0 Å². The lowest BCUT2D eigenvalue weighted by atomic mass is 10.0. The predicted octanol–water partition coefficient (Wildman–Crippen LogP) is 2.57. The molecular formula is C11H20O2. The van der Waals surface area contributed by atoms with Crippen molar-refractivity contribution in [2.24, 2.45) is 11.8 Å². The van der Waals surface area contributed by atoms with Crippen LogP contribution in [0.2, 0.25) is 0 Å². The molecule has 0 aromatic rings. The van der Waals surface area contributed by atoms with Gasteiger partial charge in [0.2, 0.25) is 0 Å². The van der Waals surface area contributed by atoms with Crippen LogP contribution in [0.4, 0.5) is 0 Å². The van der Waals surface area contributed by atoms with E-state index in [4.69, 9.17) is 9.47 Å². The first kappa shape index (κ1) is 9.47. The lowest BCUT2D eigenvalue weighted by molar-refractivity contribution is -0.170. The highest BCUT2D eigenvalue weighted by Crippen LogP contribution is 2.46. The second-order valence-electron chi connectivity index (χ2n) is 4.92. The summed E-state index contributed by atoms with van der Waals surface area (Å²) in [5.74, 6) is 1.24. The molecule has 1 saturated heterocycles. The molecule has 0 amide bonds. The van der Waals surface area contributed by atoms with Crippen molar-refractivity contribution >= 4 is 0 Å². The molecule has 1 aliphatic heterocycles. The van der Waals surface area contributed by atoms with Crippen molar-refractivity contribution in [3.63, 3.8) is 0 Å². The summed E-state index contributed by atoms with van der Waals surface area (Å²) in [5.41, 5.74) is 0. The van der Waals surface area contributed by atoms with Gasteiger partial charge >= 0.3 is 0 Å². The van der Waals surface area contributed by atoms with Gasteiger partial charge in [0.15, 0.2) is 5.79 Å². The summed E-state index contributed by atoms with van der Waals surface area (Å²) in [6.45, 7) is 8.79. The zero-order chi connectivity index (χ0) is 9.64. The fourth-order valence-corrected chi connectivity index (χ4v) is 2.56. The Kier molecular flexibility index (Phi) is 2.16. The topological polar surface area (TPSA) is 18.5 Å². The first-order valence-electron chi connectivity index (χ1n) is 5.38. The van der Waals surface area contributed by atoms with Crippen molar-refractivity contribution in [1.82, 2.24) is 0 Å². The second kappa shape index (κ2) is 2.96. The van der Waals surface area contributed by atoms with Crippen molar-refractivity contribution in [1.29, 1.82) is 0 Å². The van der Waals surface area contributed by atoms with Gasteiger partial charge in [-0.3, -0.25) is 0 Å². The SMILES string of the molecule is CC1CC2(CC1C)OC(C)C(C)O2. The summed E-state index contributed by atoms with van der Waals surface area (Å²) >= 11 is 0. The van der Waals surface area contributed by atoms with Crippen LogP contribution < -0.4 is 0 Å². The molecular weight excluding hydrogens is 164 g/mol. The predicted molar refractivity (Wildman–Crippen MR) is 51.4 cm³/mol. The van der Waals surface area contributed by atoms with E-state index in [1.54, 1.807) is 0 Å². The van der Waals surface area contributed by atoms with Gasteiger partial charge in [-0.2, -0.15) is 0 Å². The second-order valence-corrected chi connectivity index (χ2v) is 4.92. The van der Waals surface area contributed by atoms with Gasteiger partial charge in [0.1, 0.15) is 0 Å². The van der Waals surface area contributed by atoms with Crippen LogP contribution in [-0.2, 0) is 9.47 Å². The van der Waals surface area contributed by atoms with Crippen molar-refractivity contribution in [3.05, 3.63) is 0 Å². The summed E-state index contributed by atoms with van der Waals surface area (Å²) in [6, 6.07) is 0. The van der Waals surface area contributed by atoms with Crippen molar-refractivity contribution in [2.45, 2.75) is 58.5 Å². The highest BCUT2D eigenvalue weighted by molar-refractivity contribution is 4.91. The van der Waals surface area contributed by atoms with Crippen molar-refractivity contribution < 1.29 is 9.47 Å². The molecule has 76 valence electrons. The van der Waals surface area contributed by atoms with Gasteiger partial charge in [-0.1, -0.05) is 13.8 Å². The van der Waals surface area contributed by atoms with E-state index in [0.717, 1.165) is 24.7 Å². The molecule has 2 fully saturated rings. The van der Waals surface area contributed by atoms with Gasteiger partial charge in [-0.15, -0.1) is 0 Å². The van der Waals surface area contributed by atoms with E-state index in [2.05, 4.69) is 27.7 Å². The largest absolute Gasteiger partial charge is 0.344 e. The van der Waals surface area contributed by atoms with Crippen LogP contribution in [0.3, 0.4) is 0 Å². The van der Waals surface area contributed by atoms with E-state index in [0.29, 0.717) is 0 Å². The number of hydrogen-bond acceptors (Lipinski definition) is 2. The summed E-state index contributed by atoms with van der Waals surface area (Å²) < 4.78 is 11.9.